The molecule has 0 fully saturated rings. The van der Waals surface area contributed by atoms with Gasteiger partial charge in [0, 0.05) is 18.4 Å². The van der Waals surface area contributed by atoms with Gasteiger partial charge in [-0.25, -0.2) is 9.97 Å². The minimum Gasteiger partial charge on any atom is -0.497 e. The number of imidazole rings is 1. The maximum atomic E-state index is 12.9. The summed E-state index contributed by atoms with van der Waals surface area (Å²) in [5.74, 6) is 1.70. The van der Waals surface area contributed by atoms with Crippen LogP contribution >= 0.6 is 0 Å². The summed E-state index contributed by atoms with van der Waals surface area (Å²) >= 11 is 0. The predicted molar refractivity (Wildman–Crippen MR) is 89.1 cm³/mol. The number of fused-ring (bicyclic) bond motifs is 1. The number of carbonyl (C=O) groups excluding carboxylic acids is 1. The molecule has 7 heteroatoms. The summed E-state index contributed by atoms with van der Waals surface area (Å²) < 4.78 is 12.6. The van der Waals surface area contributed by atoms with E-state index in [-0.39, 0.29) is 17.7 Å². The number of benzene rings is 1. The van der Waals surface area contributed by atoms with Crippen LogP contribution in [0.25, 0.3) is 0 Å². The van der Waals surface area contributed by atoms with Crippen LogP contribution in [0.15, 0.2) is 47.5 Å². The van der Waals surface area contributed by atoms with Crippen molar-refractivity contribution in [1.29, 1.82) is 0 Å². The molecule has 0 bridgehead atoms. The molecule has 3 aromatic rings. The summed E-state index contributed by atoms with van der Waals surface area (Å²) in [5, 5.41) is 0. The van der Waals surface area contributed by atoms with E-state index in [1.807, 2.05) is 37.4 Å². The molecule has 1 aliphatic heterocycles. The highest BCUT2D eigenvalue weighted by atomic mass is 16.5. The Kier molecular flexibility index (Phi) is 3.76. The Labute approximate surface area is 144 Å². The molecule has 128 valence electrons. The molecule has 2 aromatic heterocycles. The van der Waals surface area contributed by atoms with Gasteiger partial charge in [-0.1, -0.05) is 12.1 Å². The van der Waals surface area contributed by atoms with E-state index in [1.165, 1.54) is 12.6 Å². The Bertz CT molecular complexity index is 884. The van der Waals surface area contributed by atoms with Crippen LogP contribution in [0.4, 0.5) is 0 Å². The first kappa shape index (κ1) is 15.4. The first-order valence-electron chi connectivity index (χ1n) is 8.02. The normalized spacial score (nSPS) is 16.6. The first-order valence-corrected chi connectivity index (χ1v) is 8.02. The van der Waals surface area contributed by atoms with Crippen LogP contribution in [0.3, 0.4) is 0 Å². The lowest BCUT2D eigenvalue weighted by atomic mass is 10.0. The van der Waals surface area contributed by atoms with E-state index in [0.29, 0.717) is 13.1 Å². The number of carbonyl (C=O) groups is 1. The van der Waals surface area contributed by atoms with E-state index in [1.54, 1.807) is 12.0 Å². The van der Waals surface area contributed by atoms with Crippen LogP contribution in [0.5, 0.6) is 5.75 Å². The summed E-state index contributed by atoms with van der Waals surface area (Å²) in [7, 11) is 1.64. The van der Waals surface area contributed by atoms with Gasteiger partial charge in [-0.2, -0.15) is 0 Å². The van der Waals surface area contributed by atoms with E-state index in [2.05, 4.69) is 14.5 Å². The lowest BCUT2D eigenvalue weighted by molar-refractivity contribution is 0.0550. The fraction of sp³-hybridized carbons (Fsp3) is 0.278. The molecule has 0 spiro atoms. The molecule has 1 unspecified atom stereocenters. The SMILES string of the molecule is COc1ccc(C2Cn3c(C)cnc3CN2C(=O)c2cnco2)cc1. The molecule has 3 heterocycles. The number of methoxy groups -OCH3 is 1. The molecule has 0 radical (unpaired) electrons. The standard InChI is InChI=1S/C18H18N4O3/c1-12-7-20-17-10-22(18(23)16-8-19-11-25-16)15(9-21(12)17)13-3-5-14(24-2)6-4-13/h3-8,11,15H,9-10H2,1-2H3. The van der Waals surface area contributed by atoms with Crippen molar-refractivity contribution in [3.8, 4) is 5.75 Å². The Morgan fingerprint density at radius 1 is 1.28 bits per heavy atom. The van der Waals surface area contributed by atoms with Crippen LogP contribution in [-0.4, -0.2) is 32.5 Å². The molecule has 25 heavy (non-hydrogen) atoms. The van der Waals surface area contributed by atoms with Gasteiger partial charge >= 0.3 is 0 Å². The average molecular weight is 338 g/mol. The van der Waals surface area contributed by atoms with Gasteiger partial charge in [0.2, 0.25) is 5.76 Å². The third-order valence-electron chi connectivity index (χ3n) is 4.59. The second kappa shape index (κ2) is 6.08. The molecule has 0 saturated carbocycles. The summed E-state index contributed by atoms with van der Waals surface area (Å²) in [6.07, 6.45) is 4.55. The topological polar surface area (TPSA) is 73.4 Å². The fourth-order valence-electron chi connectivity index (χ4n) is 3.21. The zero-order valence-electron chi connectivity index (χ0n) is 14.0. The second-order valence-electron chi connectivity index (χ2n) is 6.01. The smallest absolute Gasteiger partial charge is 0.292 e. The van der Waals surface area contributed by atoms with Crippen LogP contribution in [0, 0.1) is 6.92 Å². The maximum Gasteiger partial charge on any atom is 0.292 e. The number of hydrogen-bond donors (Lipinski definition) is 0. The summed E-state index contributed by atoms with van der Waals surface area (Å²) in [6, 6.07) is 7.66. The molecule has 1 aliphatic rings. The third-order valence-corrected chi connectivity index (χ3v) is 4.59. The van der Waals surface area contributed by atoms with Gasteiger partial charge < -0.3 is 18.6 Å². The van der Waals surface area contributed by atoms with Gasteiger partial charge in [-0.3, -0.25) is 4.79 Å². The van der Waals surface area contributed by atoms with Crippen molar-refractivity contribution in [2.24, 2.45) is 0 Å². The lowest BCUT2D eigenvalue weighted by Gasteiger charge is -2.36. The monoisotopic (exact) mass is 338 g/mol. The molecule has 0 saturated heterocycles. The number of hydrogen-bond acceptors (Lipinski definition) is 5. The molecular formula is C18H18N4O3. The van der Waals surface area contributed by atoms with E-state index in [4.69, 9.17) is 9.15 Å². The number of amides is 1. The highest BCUT2D eigenvalue weighted by Gasteiger charge is 2.34. The number of aryl methyl sites for hydroxylation is 1. The van der Waals surface area contributed by atoms with E-state index in [0.717, 1.165) is 22.8 Å². The lowest BCUT2D eigenvalue weighted by Crippen LogP contribution is -2.41. The maximum absolute atomic E-state index is 12.9. The van der Waals surface area contributed by atoms with Crippen LogP contribution in [0.2, 0.25) is 0 Å². The minimum absolute atomic E-state index is 0.121. The Morgan fingerprint density at radius 3 is 2.76 bits per heavy atom. The highest BCUT2D eigenvalue weighted by molar-refractivity contribution is 5.91. The third kappa shape index (κ3) is 2.67. The predicted octanol–water partition coefficient (Wildman–Crippen LogP) is 2.59. The zero-order chi connectivity index (χ0) is 17.4. The van der Waals surface area contributed by atoms with Crippen molar-refractivity contribution in [2.45, 2.75) is 26.1 Å². The van der Waals surface area contributed by atoms with Gasteiger partial charge in [0.05, 0.1) is 25.9 Å². The number of aromatic nitrogens is 3. The largest absolute Gasteiger partial charge is 0.497 e. The molecule has 1 aromatic carbocycles. The summed E-state index contributed by atoms with van der Waals surface area (Å²) in [6.45, 7) is 3.09. The Balaban J connectivity index is 1.74. The summed E-state index contributed by atoms with van der Waals surface area (Å²) in [4.78, 5) is 23.0. The van der Waals surface area contributed by atoms with Gasteiger partial charge in [-0.05, 0) is 24.6 Å². The summed E-state index contributed by atoms with van der Waals surface area (Å²) in [5.41, 5.74) is 2.12. The van der Waals surface area contributed by atoms with Crippen molar-refractivity contribution in [2.75, 3.05) is 7.11 Å². The van der Waals surface area contributed by atoms with E-state index in [9.17, 15) is 4.79 Å². The van der Waals surface area contributed by atoms with Crippen molar-refractivity contribution in [3.63, 3.8) is 0 Å². The molecule has 4 rings (SSSR count). The molecule has 0 aliphatic carbocycles. The van der Waals surface area contributed by atoms with Crippen LogP contribution in [0.1, 0.15) is 33.7 Å². The highest BCUT2D eigenvalue weighted by Crippen LogP contribution is 2.32. The zero-order valence-corrected chi connectivity index (χ0v) is 14.0. The van der Waals surface area contributed by atoms with E-state index < -0.39 is 0 Å². The Hall–Kier alpha value is -3.09. The van der Waals surface area contributed by atoms with Crippen molar-refractivity contribution < 1.29 is 13.9 Å². The number of ether oxygens (including phenoxy) is 1. The Morgan fingerprint density at radius 2 is 2.08 bits per heavy atom. The second-order valence-corrected chi connectivity index (χ2v) is 6.01. The minimum atomic E-state index is -0.190. The van der Waals surface area contributed by atoms with Gasteiger partial charge in [0.25, 0.3) is 5.91 Å². The van der Waals surface area contributed by atoms with Crippen molar-refractivity contribution in [3.05, 3.63) is 65.9 Å². The molecular weight excluding hydrogens is 320 g/mol. The van der Waals surface area contributed by atoms with Crippen LogP contribution in [-0.2, 0) is 13.1 Å². The van der Waals surface area contributed by atoms with Gasteiger partial charge in [-0.15, -0.1) is 0 Å². The van der Waals surface area contributed by atoms with Gasteiger partial charge in [0.15, 0.2) is 6.39 Å². The molecule has 1 amide bonds. The quantitative estimate of drug-likeness (QED) is 0.734. The molecule has 0 N–H and O–H groups in total. The van der Waals surface area contributed by atoms with Crippen molar-refractivity contribution in [1.82, 2.24) is 19.4 Å². The average Bonchev–Trinajstić information content (AvgIpc) is 3.31. The number of oxazole rings is 1. The molecule has 1 atom stereocenters. The fourth-order valence-corrected chi connectivity index (χ4v) is 3.21. The van der Waals surface area contributed by atoms with E-state index >= 15 is 0 Å². The van der Waals surface area contributed by atoms with Gasteiger partial charge in [0.1, 0.15) is 11.6 Å². The molecule has 7 nitrogen and oxygen atoms in total. The first-order chi connectivity index (χ1) is 12.2. The number of nitrogens with zero attached hydrogens (tertiary/aromatic N) is 4. The number of rotatable bonds is 3. The van der Waals surface area contributed by atoms with Crippen LogP contribution < -0.4 is 4.74 Å². The van der Waals surface area contributed by atoms with Crippen molar-refractivity contribution >= 4 is 5.91 Å².